The zero-order valence-corrected chi connectivity index (χ0v) is 8.70. The number of urea groups is 1. The standard InChI is InChI=1S/C8H17N3O3/c1-4-5-6(7(12)13)9-8(14)10-11(2)3/h6H,4-5H2,1-3H3,(H,12,13)(H2,9,10,14). The van der Waals surface area contributed by atoms with E-state index in [2.05, 4.69) is 10.7 Å². The van der Waals surface area contributed by atoms with Gasteiger partial charge in [-0.25, -0.2) is 14.6 Å². The molecule has 0 aromatic rings. The molecule has 0 saturated carbocycles. The van der Waals surface area contributed by atoms with Gasteiger partial charge in [-0.05, 0) is 6.42 Å². The molecule has 0 fully saturated rings. The Bertz CT molecular complexity index is 206. The van der Waals surface area contributed by atoms with Crippen molar-refractivity contribution in [1.82, 2.24) is 15.8 Å². The van der Waals surface area contributed by atoms with Gasteiger partial charge >= 0.3 is 12.0 Å². The second-order valence-electron chi connectivity index (χ2n) is 3.16. The van der Waals surface area contributed by atoms with Gasteiger partial charge in [0, 0.05) is 14.1 Å². The zero-order chi connectivity index (χ0) is 11.1. The van der Waals surface area contributed by atoms with Crippen molar-refractivity contribution in [1.29, 1.82) is 0 Å². The van der Waals surface area contributed by atoms with Crippen LogP contribution in [0.4, 0.5) is 4.79 Å². The lowest BCUT2D eigenvalue weighted by Crippen LogP contribution is -2.49. The molecular formula is C8H17N3O3. The normalized spacial score (nSPS) is 12.3. The molecule has 0 bridgehead atoms. The van der Waals surface area contributed by atoms with Crippen molar-refractivity contribution in [3.8, 4) is 0 Å². The molecule has 0 aliphatic heterocycles. The van der Waals surface area contributed by atoms with E-state index in [1.54, 1.807) is 14.1 Å². The minimum absolute atomic E-state index is 0.427. The summed E-state index contributed by atoms with van der Waals surface area (Å²) in [5.74, 6) is -1.01. The van der Waals surface area contributed by atoms with Gasteiger partial charge in [-0.15, -0.1) is 0 Å². The monoisotopic (exact) mass is 203 g/mol. The van der Waals surface area contributed by atoms with E-state index < -0.39 is 18.0 Å². The van der Waals surface area contributed by atoms with E-state index in [0.29, 0.717) is 12.8 Å². The van der Waals surface area contributed by atoms with Gasteiger partial charge < -0.3 is 10.4 Å². The number of carboxylic acid groups (broad SMARTS) is 1. The van der Waals surface area contributed by atoms with Gasteiger partial charge in [0.25, 0.3) is 0 Å². The van der Waals surface area contributed by atoms with E-state index in [4.69, 9.17) is 5.11 Å². The number of hydrazine groups is 1. The van der Waals surface area contributed by atoms with Crippen LogP contribution in [0.3, 0.4) is 0 Å². The van der Waals surface area contributed by atoms with Crippen LogP contribution in [-0.2, 0) is 4.79 Å². The van der Waals surface area contributed by atoms with Crippen LogP contribution in [0.5, 0.6) is 0 Å². The van der Waals surface area contributed by atoms with Gasteiger partial charge in [-0.3, -0.25) is 5.43 Å². The SMILES string of the molecule is CCCC(NC(=O)NN(C)C)C(=O)O. The lowest BCUT2D eigenvalue weighted by Gasteiger charge is -2.17. The minimum Gasteiger partial charge on any atom is -0.480 e. The van der Waals surface area contributed by atoms with Gasteiger partial charge in [0.15, 0.2) is 0 Å². The molecule has 82 valence electrons. The molecule has 0 aliphatic rings. The molecule has 6 heteroatoms. The predicted molar refractivity (Wildman–Crippen MR) is 51.7 cm³/mol. The molecule has 0 aliphatic carbocycles. The summed E-state index contributed by atoms with van der Waals surface area (Å²) in [5, 5.41) is 12.5. The largest absolute Gasteiger partial charge is 0.480 e. The van der Waals surface area contributed by atoms with Crippen LogP contribution in [-0.4, -0.2) is 42.3 Å². The summed E-state index contributed by atoms with van der Waals surface area (Å²) in [4.78, 5) is 21.8. The van der Waals surface area contributed by atoms with Gasteiger partial charge in [0.2, 0.25) is 0 Å². The van der Waals surface area contributed by atoms with E-state index in [9.17, 15) is 9.59 Å². The first-order valence-corrected chi connectivity index (χ1v) is 4.44. The minimum atomic E-state index is -1.01. The number of rotatable bonds is 5. The molecule has 1 atom stereocenters. The van der Waals surface area contributed by atoms with Crippen molar-refractivity contribution < 1.29 is 14.7 Å². The molecule has 14 heavy (non-hydrogen) atoms. The summed E-state index contributed by atoms with van der Waals surface area (Å²) in [6.45, 7) is 1.86. The quantitative estimate of drug-likeness (QED) is 0.550. The summed E-state index contributed by atoms with van der Waals surface area (Å²) in [5.41, 5.74) is 2.41. The Morgan fingerprint density at radius 2 is 2.00 bits per heavy atom. The Balaban J connectivity index is 4.02. The van der Waals surface area contributed by atoms with Gasteiger partial charge in [-0.1, -0.05) is 13.3 Å². The highest BCUT2D eigenvalue weighted by Gasteiger charge is 2.18. The average molecular weight is 203 g/mol. The van der Waals surface area contributed by atoms with Crippen molar-refractivity contribution >= 4 is 12.0 Å². The molecule has 0 spiro atoms. The molecule has 3 N–H and O–H groups in total. The highest BCUT2D eigenvalue weighted by Crippen LogP contribution is 1.96. The Hall–Kier alpha value is -1.30. The number of hydrogen-bond acceptors (Lipinski definition) is 3. The number of aliphatic carboxylic acids is 1. The van der Waals surface area contributed by atoms with E-state index in [0.717, 1.165) is 0 Å². The maximum atomic E-state index is 11.1. The molecule has 0 aromatic carbocycles. The van der Waals surface area contributed by atoms with Crippen LogP contribution in [0, 0.1) is 0 Å². The van der Waals surface area contributed by atoms with Crippen molar-refractivity contribution in [3.05, 3.63) is 0 Å². The number of amides is 2. The van der Waals surface area contributed by atoms with Gasteiger partial charge in [-0.2, -0.15) is 0 Å². The molecular weight excluding hydrogens is 186 g/mol. The van der Waals surface area contributed by atoms with Crippen LogP contribution in [0.25, 0.3) is 0 Å². The lowest BCUT2D eigenvalue weighted by atomic mass is 10.2. The number of nitrogens with zero attached hydrogens (tertiary/aromatic N) is 1. The van der Waals surface area contributed by atoms with Crippen molar-refractivity contribution in [3.63, 3.8) is 0 Å². The number of carboxylic acids is 1. The number of hydrogen-bond donors (Lipinski definition) is 3. The summed E-state index contributed by atoms with van der Waals surface area (Å²) in [6, 6.07) is -1.32. The lowest BCUT2D eigenvalue weighted by molar-refractivity contribution is -0.139. The second kappa shape index (κ2) is 6.20. The third kappa shape index (κ3) is 5.36. The van der Waals surface area contributed by atoms with Crippen LogP contribution >= 0.6 is 0 Å². The number of carbonyl (C=O) groups is 2. The number of nitrogens with one attached hydrogen (secondary N) is 2. The van der Waals surface area contributed by atoms with Crippen molar-refractivity contribution in [2.24, 2.45) is 0 Å². The molecule has 6 nitrogen and oxygen atoms in total. The fourth-order valence-corrected chi connectivity index (χ4v) is 0.940. The Morgan fingerprint density at radius 3 is 2.36 bits per heavy atom. The van der Waals surface area contributed by atoms with Gasteiger partial charge in [0.1, 0.15) is 6.04 Å². The van der Waals surface area contributed by atoms with E-state index >= 15 is 0 Å². The van der Waals surface area contributed by atoms with E-state index in [1.807, 2.05) is 6.92 Å². The molecule has 2 amide bonds. The molecule has 0 rings (SSSR count). The maximum Gasteiger partial charge on any atom is 0.330 e. The Morgan fingerprint density at radius 1 is 1.43 bits per heavy atom. The molecule has 0 saturated heterocycles. The fourth-order valence-electron chi connectivity index (χ4n) is 0.940. The van der Waals surface area contributed by atoms with Crippen LogP contribution in [0.1, 0.15) is 19.8 Å². The van der Waals surface area contributed by atoms with Crippen LogP contribution in [0.15, 0.2) is 0 Å². The molecule has 0 radical (unpaired) electrons. The third-order valence-corrected chi connectivity index (χ3v) is 1.51. The molecule has 0 heterocycles. The first-order valence-electron chi connectivity index (χ1n) is 4.44. The third-order valence-electron chi connectivity index (χ3n) is 1.51. The Labute approximate surface area is 83.2 Å². The smallest absolute Gasteiger partial charge is 0.330 e. The summed E-state index contributed by atoms with van der Waals surface area (Å²) in [6.07, 6.45) is 1.13. The number of carbonyl (C=O) groups excluding carboxylic acids is 1. The Kier molecular flexibility index (Phi) is 5.62. The summed E-state index contributed by atoms with van der Waals surface area (Å²) >= 11 is 0. The summed E-state index contributed by atoms with van der Waals surface area (Å²) in [7, 11) is 3.30. The van der Waals surface area contributed by atoms with Crippen LogP contribution in [0.2, 0.25) is 0 Å². The van der Waals surface area contributed by atoms with E-state index in [-0.39, 0.29) is 0 Å². The first-order chi connectivity index (χ1) is 6.47. The van der Waals surface area contributed by atoms with Gasteiger partial charge in [0.05, 0.1) is 0 Å². The van der Waals surface area contributed by atoms with Crippen molar-refractivity contribution in [2.75, 3.05) is 14.1 Å². The van der Waals surface area contributed by atoms with Crippen LogP contribution < -0.4 is 10.7 Å². The zero-order valence-electron chi connectivity index (χ0n) is 8.70. The predicted octanol–water partition coefficient (Wildman–Crippen LogP) is 0.0155. The topological polar surface area (TPSA) is 81.7 Å². The maximum absolute atomic E-state index is 11.1. The van der Waals surface area contributed by atoms with E-state index in [1.165, 1.54) is 5.01 Å². The summed E-state index contributed by atoms with van der Waals surface area (Å²) < 4.78 is 0. The second-order valence-corrected chi connectivity index (χ2v) is 3.16. The molecule has 0 aromatic heterocycles. The fraction of sp³-hybridized carbons (Fsp3) is 0.750. The average Bonchev–Trinajstić information content (AvgIpc) is 2.01. The van der Waals surface area contributed by atoms with Crippen molar-refractivity contribution in [2.45, 2.75) is 25.8 Å². The highest BCUT2D eigenvalue weighted by atomic mass is 16.4. The highest BCUT2D eigenvalue weighted by molar-refractivity contribution is 5.82. The first kappa shape index (κ1) is 12.7. The molecule has 1 unspecified atom stereocenters.